The van der Waals surface area contributed by atoms with E-state index in [1.165, 1.54) is 12.1 Å². The van der Waals surface area contributed by atoms with Gasteiger partial charge in [-0.1, -0.05) is 19.4 Å². The highest BCUT2D eigenvalue weighted by Crippen LogP contribution is 2.19. The minimum Gasteiger partial charge on any atom is -0.478 e. The Morgan fingerprint density at radius 1 is 1.35 bits per heavy atom. The van der Waals surface area contributed by atoms with E-state index in [0.717, 1.165) is 18.9 Å². The first-order valence-electron chi connectivity index (χ1n) is 6.38. The van der Waals surface area contributed by atoms with Crippen LogP contribution in [0, 0.1) is 5.82 Å². The minimum atomic E-state index is -1.42. The lowest BCUT2D eigenvalue weighted by atomic mass is 9.99. The van der Waals surface area contributed by atoms with Crippen LogP contribution >= 0.6 is 0 Å². The summed E-state index contributed by atoms with van der Waals surface area (Å²) in [6, 6.07) is 3.16. The maximum absolute atomic E-state index is 13.5. The molecule has 5 nitrogen and oxygen atoms in total. The number of hydrogen-bond acceptors (Lipinski definition) is 2. The molecule has 0 unspecified atom stereocenters. The van der Waals surface area contributed by atoms with Crippen LogP contribution in [0.15, 0.2) is 18.2 Å². The van der Waals surface area contributed by atoms with Crippen LogP contribution in [0.1, 0.15) is 44.0 Å². The molecule has 0 aliphatic carbocycles. The summed E-state index contributed by atoms with van der Waals surface area (Å²) in [5.74, 6) is -2.31. The molecule has 1 aromatic carbocycles. The van der Waals surface area contributed by atoms with Crippen LogP contribution in [0.5, 0.6) is 0 Å². The Balaban J connectivity index is 2.87. The maximum Gasteiger partial charge on any atom is 0.340 e. The molecule has 0 atom stereocenters. The maximum atomic E-state index is 13.5. The molecule has 6 heteroatoms. The van der Waals surface area contributed by atoms with Crippen LogP contribution in [0.25, 0.3) is 0 Å². The van der Waals surface area contributed by atoms with Gasteiger partial charge in [-0.05, 0) is 32.4 Å². The molecule has 0 saturated carbocycles. The van der Waals surface area contributed by atoms with Gasteiger partial charge in [0.15, 0.2) is 0 Å². The third-order valence-corrected chi connectivity index (χ3v) is 2.80. The monoisotopic (exact) mass is 282 g/mol. The second-order valence-electron chi connectivity index (χ2n) is 5.18. The molecule has 3 N–H and O–H groups in total. The van der Waals surface area contributed by atoms with Gasteiger partial charge in [-0.2, -0.15) is 0 Å². The topological polar surface area (TPSA) is 78.4 Å². The van der Waals surface area contributed by atoms with Crippen molar-refractivity contribution in [2.75, 3.05) is 5.32 Å². The van der Waals surface area contributed by atoms with Gasteiger partial charge in [-0.3, -0.25) is 0 Å². The van der Waals surface area contributed by atoms with Crippen LogP contribution in [0.3, 0.4) is 0 Å². The fraction of sp³-hybridized carbons (Fsp3) is 0.429. The lowest BCUT2D eigenvalue weighted by Crippen LogP contribution is -2.45. The van der Waals surface area contributed by atoms with Crippen LogP contribution in [0.4, 0.5) is 14.9 Å². The summed E-state index contributed by atoms with van der Waals surface area (Å²) in [4.78, 5) is 22.9. The van der Waals surface area contributed by atoms with Crippen LogP contribution in [0.2, 0.25) is 0 Å². The highest BCUT2D eigenvalue weighted by atomic mass is 19.1. The summed E-state index contributed by atoms with van der Waals surface area (Å²) in [6.07, 6.45) is 1.67. The Hall–Kier alpha value is -2.11. The molecule has 0 heterocycles. The summed E-state index contributed by atoms with van der Waals surface area (Å²) in [7, 11) is 0. The second kappa shape index (κ2) is 6.36. The van der Waals surface area contributed by atoms with Gasteiger partial charge in [0.25, 0.3) is 0 Å². The van der Waals surface area contributed by atoms with Gasteiger partial charge in [0.05, 0.1) is 5.69 Å². The predicted octanol–water partition coefficient (Wildman–Crippen LogP) is 3.22. The molecular formula is C14H19FN2O3. The van der Waals surface area contributed by atoms with E-state index in [0.29, 0.717) is 0 Å². The number of aromatic carboxylic acids is 1. The Morgan fingerprint density at radius 3 is 2.55 bits per heavy atom. The molecule has 1 rings (SSSR count). The van der Waals surface area contributed by atoms with E-state index >= 15 is 0 Å². The van der Waals surface area contributed by atoms with Crippen molar-refractivity contribution in [3.05, 3.63) is 29.6 Å². The van der Waals surface area contributed by atoms with Gasteiger partial charge in [-0.25, -0.2) is 14.0 Å². The quantitative estimate of drug-likeness (QED) is 0.775. The van der Waals surface area contributed by atoms with Crippen molar-refractivity contribution in [1.29, 1.82) is 0 Å². The molecule has 20 heavy (non-hydrogen) atoms. The van der Waals surface area contributed by atoms with E-state index in [1.54, 1.807) is 0 Å². The predicted molar refractivity (Wildman–Crippen MR) is 74.5 cm³/mol. The third-order valence-electron chi connectivity index (χ3n) is 2.80. The first-order valence-corrected chi connectivity index (χ1v) is 6.38. The van der Waals surface area contributed by atoms with E-state index in [2.05, 4.69) is 10.6 Å². The smallest absolute Gasteiger partial charge is 0.340 e. The van der Waals surface area contributed by atoms with Crippen LogP contribution < -0.4 is 10.6 Å². The Bertz CT molecular complexity index is 515. The van der Waals surface area contributed by atoms with Crippen molar-refractivity contribution in [1.82, 2.24) is 5.32 Å². The molecule has 0 spiro atoms. The average molecular weight is 282 g/mol. The number of carboxylic acids is 1. The first-order chi connectivity index (χ1) is 9.26. The Morgan fingerprint density at radius 2 is 2.00 bits per heavy atom. The summed E-state index contributed by atoms with van der Waals surface area (Å²) in [6.45, 7) is 5.72. The largest absolute Gasteiger partial charge is 0.478 e. The zero-order valence-corrected chi connectivity index (χ0v) is 11.8. The van der Waals surface area contributed by atoms with Gasteiger partial charge in [0.1, 0.15) is 11.4 Å². The highest BCUT2D eigenvalue weighted by molar-refractivity contribution is 6.00. The molecule has 110 valence electrons. The molecule has 0 aliphatic rings. The van der Waals surface area contributed by atoms with Crippen LogP contribution in [-0.2, 0) is 0 Å². The number of anilines is 1. The van der Waals surface area contributed by atoms with Crippen LogP contribution in [-0.4, -0.2) is 22.6 Å². The van der Waals surface area contributed by atoms with Crippen molar-refractivity contribution < 1.29 is 19.1 Å². The molecular weight excluding hydrogens is 263 g/mol. The Labute approximate surface area is 117 Å². The molecule has 0 aliphatic heterocycles. The molecule has 1 aromatic rings. The van der Waals surface area contributed by atoms with Crippen molar-refractivity contribution in [2.45, 2.75) is 39.2 Å². The van der Waals surface area contributed by atoms with E-state index < -0.39 is 28.9 Å². The summed E-state index contributed by atoms with van der Waals surface area (Å²) in [5.41, 5.74) is -1.03. The van der Waals surface area contributed by atoms with Crippen molar-refractivity contribution in [3.63, 3.8) is 0 Å². The van der Waals surface area contributed by atoms with Gasteiger partial charge in [0, 0.05) is 5.54 Å². The average Bonchev–Trinajstić information content (AvgIpc) is 2.26. The van der Waals surface area contributed by atoms with E-state index in [1.807, 2.05) is 20.8 Å². The summed E-state index contributed by atoms with van der Waals surface area (Å²) in [5, 5.41) is 14.1. The first kappa shape index (κ1) is 15.9. The number of carbonyl (C=O) groups excluding carboxylic acids is 1. The van der Waals surface area contributed by atoms with E-state index in [-0.39, 0.29) is 5.69 Å². The number of carboxylic acid groups (broad SMARTS) is 1. The minimum absolute atomic E-state index is 0.0673. The molecule has 0 fully saturated rings. The zero-order chi connectivity index (χ0) is 15.3. The number of urea groups is 1. The Kier molecular flexibility index (Phi) is 5.07. The summed E-state index contributed by atoms with van der Waals surface area (Å²) >= 11 is 0. The molecule has 0 bridgehead atoms. The third kappa shape index (κ3) is 4.22. The van der Waals surface area contributed by atoms with Gasteiger partial charge in [0.2, 0.25) is 0 Å². The number of benzene rings is 1. The fourth-order valence-electron chi connectivity index (χ4n) is 1.99. The number of carbonyl (C=O) groups is 2. The molecule has 0 aromatic heterocycles. The number of hydrogen-bond donors (Lipinski definition) is 3. The highest BCUT2D eigenvalue weighted by Gasteiger charge is 2.21. The molecule has 0 radical (unpaired) electrons. The van der Waals surface area contributed by atoms with Crippen molar-refractivity contribution in [3.8, 4) is 0 Å². The molecule has 2 amide bonds. The SMILES string of the molecule is CCCC(C)(C)NC(=O)Nc1cccc(F)c1C(=O)O. The van der Waals surface area contributed by atoms with E-state index in [4.69, 9.17) is 5.11 Å². The number of amides is 2. The number of nitrogens with one attached hydrogen (secondary N) is 2. The van der Waals surface area contributed by atoms with Crippen molar-refractivity contribution in [2.24, 2.45) is 0 Å². The number of halogens is 1. The molecule has 0 saturated heterocycles. The van der Waals surface area contributed by atoms with Crippen molar-refractivity contribution >= 4 is 17.7 Å². The second-order valence-corrected chi connectivity index (χ2v) is 5.18. The lowest BCUT2D eigenvalue weighted by molar-refractivity contribution is 0.0693. The van der Waals surface area contributed by atoms with Gasteiger partial charge < -0.3 is 15.7 Å². The fourth-order valence-corrected chi connectivity index (χ4v) is 1.99. The zero-order valence-electron chi connectivity index (χ0n) is 11.8. The number of rotatable bonds is 5. The van der Waals surface area contributed by atoms with Gasteiger partial charge in [-0.15, -0.1) is 0 Å². The normalized spacial score (nSPS) is 11.0. The standard InChI is InChI=1S/C14H19FN2O3/c1-4-8-14(2,3)17-13(20)16-10-7-5-6-9(15)11(10)12(18)19/h5-7H,4,8H2,1-3H3,(H,18,19)(H2,16,17,20). The van der Waals surface area contributed by atoms with Gasteiger partial charge >= 0.3 is 12.0 Å². The lowest BCUT2D eigenvalue weighted by Gasteiger charge is -2.26. The van der Waals surface area contributed by atoms with E-state index in [9.17, 15) is 14.0 Å². The summed E-state index contributed by atoms with van der Waals surface area (Å²) < 4.78 is 13.5.